The maximum absolute atomic E-state index is 12.1. The minimum atomic E-state index is -3.17. The van der Waals surface area contributed by atoms with Gasteiger partial charge in [0.15, 0.2) is 0 Å². The number of hydrogen-bond donors (Lipinski definition) is 1. The Morgan fingerprint density at radius 1 is 1.52 bits per heavy atom. The van der Waals surface area contributed by atoms with Crippen molar-refractivity contribution in [2.24, 2.45) is 0 Å². The number of aryl methyl sites for hydroxylation is 1. The third-order valence-corrected chi connectivity index (χ3v) is 5.46. The summed E-state index contributed by atoms with van der Waals surface area (Å²) >= 11 is 0. The maximum Gasteiger partial charge on any atom is 0.250 e. The van der Waals surface area contributed by atoms with E-state index in [1.165, 1.54) is 16.7 Å². The molecule has 7 nitrogen and oxygen atoms in total. The first-order valence-electron chi connectivity index (χ1n) is 7.14. The Hall–Kier alpha value is -1.25. The number of H-pyrrole nitrogens is 1. The average molecular weight is 315 g/mol. The molecule has 1 aliphatic rings. The van der Waals surface area contributed by atoms with Crippen molar-refractivity contribution in [3.8, 4) is 0 Å². The van der Waals surface area contributed by atoms with E-state index in [2.05, 4.69) is 9.97 Å². The van der Waals surface area contributed by atoms with Crippen LogP contribution in [0.2, 0.25) is 0 Å². The highest BCUT2D eigenvalue weighted by molar-refractivity contribution is 7.89. The van der Waals surface area contributed by atoms with Crippen molar-refractivity contribution in [1.82, 2.24) is 14.3 Å². The van der Waals surface area contributed by atoms with Crippen molar-refractivity contribution in [2.45, 2.75) is 32.3 Å². The number of sulfonamides is 1. The van der Waals surface area contributed by atoms with E-state index in [1.54, 1.807) is 0 Å². The van der Waals surface area contributed by atoms with Gasteiger partial charge in [0.05, 0.1) is 24.8 Å². The molecule has 21 heavy (non-hydrogen) atoms. The topological polar surface area (TPSA) is 92.4 Å². The van der Waals surface area contributed by atoms with Crippen molar-refractivity contribution in [1.29, 1.82) is 0 Å². The fourth-order valence-electron chi connectivity index (χ4n) is 2.36. The number of nitrogens with zero attached hydrogens (tertiary/aromatic N) is 2. The predicted octanol–water partition coefficient (Wildman–Crippen LogP) is 0.143. The highest BCUT2D eigenvalue weighted by Crippen LogP contribution is 2.15. The van der Waals surface area contributed by atoms with Gasteiger partial charge in [-0.05, 0) is 19.3 Å². The molecule has 0 aromatic carbocycles. The molecule has 0 amide bonds. The van der Waals surface area contributed by atoms with Crippen LogP contribution in [0.1, 0.15) is 25.5 Å². The van der Waals surface area contributed by atoms with Gasteiger partial charge >= 0.3 is 0 Å². The molecule has 2 rings (SSSR count). The molecule has 0 spiro atoms. The third kappa shape index (κ3) is 4.62. The van der Waals surface area contributed by atoms with E-state index >= 15 is 0 Å². The smallest absolute Gasteiger partial charge is 0.250 e. The fourth-order valence-corrected chi connectivity index (χ4v) is 3.88. The molecule has 0 unspecified atom stereocenters. The Bertz CT molecular complexity index is 614. The third-order valence-electron chi connectivity index (χ3n) is 3.41. The number of rotatable bonds is 6. The zero-order valence-electron chi connectivity index (χ0n) is 12.1. The molecule has 8 heteroatoms. The Labute approximate surface area is 124 Å². The molecule has 2 heterocycles. The summed E-state index contributed by atoms with van der Waals surface area (Å²) in [6.45, 7) is 3.07. The zero-order valence-corrected chi connectivity index (χ0v) is 12.9. The second-order valence-electron chi connectivity index (χ2n) is 5.11. The van der Waals surface area contributed by atoms with E-state index in [4.69, 9.17) is 4.74 Å². The normalized spacial score (nSPS) is 20.5. The Kier molecular flexibility index (Phi) is 5.49. The summed E-state index contributed by atoms with van der Waals surface area (Å²) in [6.07, 6.45) is 3.08. The molecule has 0 saturated carbocycles. The van der Waals surface area contributed by atoms with Crippen LogP contribution < -0.4 is 5.56 Å². The molecule has 0 radical (unpaired) electrons. The maximum atomic E-state index is 12.1. The summed E-state index contributed by atoms with van der Waals surface area (Å²) in [6, 6.07) is 1.45. The van der Waals surface area contributed by atoms with Crippen LogP contribution in [0.5, 0.6) is 0 Å². The quantitative estimate of drug-likeness (QED) is 0.806. The Morgan fingerprint density at radius 2 is 2.33 bits per heavy atom. The van der Waals surface area contributed by atoms with Crippen LogP contribution in [0.15, 0.2) is 17.2 Å². The summed E-state index contributed by atoms with van der Waals surface area (Å²) in [7, 11) is -3.17. The molecular formula is C13H21N3O4S. The van der Waals surface area contributed by atoms with Crippen molar-refractivity contribution in [3.63, 3.8) is 0 Å². The van der Waals surface area contributed by atoms with Gasteiger partial charge in [-0.3, -0.25) is 4.79 Å². The monoisotopic (exact) mass is 315 g/mol. The van der Waals surface area contributed by atoms with Crippen LogP contribution in [0, 0.1) is 0 Å². The van der Waals surface area contributed by atoms with Gasteiger partial charge in [0.25, 0.3) is 5.56 Å². The van der Waals surface area contributed by atoms with E-state index in [1.807, 2.05) is 6.92 Å². The van der Waals surface area contributed by atoms with E-state index in [9.17, 15) is 13.2 Å². The highest BCUT2D eigenvalue weighted by Gasteiger charge is 2.28. The second kappa shape index (κ2) is 7.15. The molecule has 1 fully saturated rings. The molecule has 1 aromatic rings. The number of ether oxygens (including phenoxy) is 1. The number of aromatic amines is 1. The van der Waals surface area contributed by atoms with Crippen molar-refractivity contribution < 1.29 is 13.2 Å². The number of morpholine rings is 1. The summed E-state index contributed by atoms with van der Waals surface area (Å²) in [5, 5.41) is 0. The van der Waals surface area contributed by atoms with Crippen LogP contribution in [0.25, 0.3) is 0 Å². The van der Waals surface area contributed by atoms with Gasteiger partial charge in [-0.25, -0.2) is 13.4 Å². The van der Waals surface area contributed by atoms with E-state index < -0.39 is 10.0 Å². The van der Waals surface area contributed by atoms with Gasteiger partial charge in [0, 0.05) is 24.8 Å². The van der Waals surface area contributed by atoms with Crippen LogP contribution >= 0.6 is 0 Å². The van der Waals surface area contributed by atoms with Crippen LogP contribution in [-0.4, -0.2) is 54.2 Å². The number of nitrogens with one attached hydrogen (secondary N) is 1. The van der Waals surface area contributed by atoms with Crippen molar-refractivity contribution in [2.75, 3.05) is 25.4 Å². The predicted molar refractivity (Wildman–Crippen MR) is 78.6 cm³/mol. The van der Waals surface area contributed by atoms with E-state index in [-0.39, 0.29) is 17.4 Å². The van der Waals surface area contributed by atoms with E-state index in [0.29, 0.717) is 44.7 Å². The summed E-state index contributed by atoms with van der Waals surface area (Å²) in [4.78, 5) is 17.7. The van der Waals surface area contributed by atoms with Crippen LogP contribution in [0.3, 0.4) is 0 Å². The van der Waals surface area contributed by atoms with Gasteiger partial charge in [-0.1, -0.05) is 6.92 Å². The second-order valence-corrected chi connectivity index (χ2v) is 7.20. The lowest BCUT2D eigenvalue weighted by molar-refractivity contribution is -0.00537. The standard InChI is InChI=1S/C13H21N3O4S/c1-2-7-21(18,19)16-5-6-20-12(9-16)4-3-11-8-13(17)15-10-14-11/h8,10,12H,2-7,9H2,1H3,(H,14,15,17)/t12-/m1/s1. The van der Waals surface area contributed by atoms with Crippen molar-refractivity contribution in [3.05, 3.63) is 28.4 Å². The number of hydrogen-bond acceptors (Lipinski definition) is 5. The zero-order chi connectivity index (χ0) is 15.3. The van der Waals surface area contributed by atoms with Gasteiger partial charge in [0.1, 0.15) is 0 Å². The largest absolute Gasteiger partial charge is 0.375 e. The van der Waals surface area contributed by atoms with Gasteiger partial charge in [-0.15, -0.1) is 0 Å². The minimum Gasteiger partial charge on any atom is -0.375 e. The van der Waals surface area contributed by atoms with Gasteiger partial charge in [-0.2, -0.15) is 4.31 Å². The average Bonchev–Trinajstić information content (AvgIpc) is 2.45. The first-order chi connectivity index (χ1) is 10.0. The molecule has 1 N–H and O–H groups in total. The molecule has 118 valence electrons. The highest BCUT2D eigenvalue weighted by atomic mass is 32.2. The molecule has 1 aliphatic heterocycles. The Balaban J connectivity index is 1.91. The molecule has 0 aliphatic carbocycles. The summed E-state index contributed by atoms with van der Waals surface area (Å²) in [5.41, 5.74) is 0.507. The molecule has 1 atom stereocenters. The summed E-state index contributed by atoms with van der Waals surface area (Å²) < 4.78 is 31.2. The molecule has 1 aromatic heterocycles. The fraction of sp³-hybridized carbons (Fsp3) is 0.692. The lowest BCUT2D eigenvalue weighted by Gasteiger charge is -2.32. The van der Waals surface area contributed by atoms with Crippen LogP contribution in [-0.2, 0) is 21.2 Å². The lowest BCUT2D eigenvalue weighted by Crippen LogP contribution is -2.46. The SMILES string of the molecule is CCCS(=O)(=O)N1CCO[C@H](CCc2cc(=O)[nH]cn2)C1. The Morgan fingerprint density at radius 3 is 3.05 bits per heavy atom. The lowest BCUT2D eigenvalue weighted by atomic mass is 10.1. The van der Waals surface area contributed by atoms with Gasteiger partial charge in [0.2, 0.25) is 10.0 Å². The number of aromatic nitrogens is 2. The van der Waals surface area contributed by atoms with E-state index in [0.717, 1.165) is 0 Å². The van der Waals surface area contributed by atoms with Gasteiger partial charge < -0.3 is 9.72 Å². The molecule has 1 saturated heterocycles. The molecule has 0 bridgehead atoms. The first-order valence-corrected chi connectivity index (χ1v) is 8.75. The van der Waals surface area contributed by atoms with Crippen LogP contribution in [0.4, 0.5) is 0 Å². The first kappa shape index (κ1) is 16.1. The molecular weight excluding hydrogens is 294 g/mol. The summed E-state index contributed by atoms with van der Waals surface area (Å²) in [5.74, 6) is 0.176. The van der Waals surface area contributed by atoms with Crippen molar-refractivity contribution >= 4 is 10.0 Å². The minimum absolute atomic E-state index is 0.147.